The van der Waals surface area contributed by atoms with Crippen LogP contribution in [0.4, 0.5) is 8.78 Å². The van der Waals surface area contributed by atoms with Gasteiger partial charge in [0.25, 0.3) is 0 Å². The van der Waals surface area contributed by atoms with Crippen molar-refractivity contribution < 1.29 is 8.78 Å². The minimum atomic E-state index is -0.819. The third kappa shape index (κ3) is 3.26. The molecule has 0 unspecified atom stereocenters. The molecular formula is C14H18F2N2S. The molecule has 0 aromatic heterocycles. The van der Waals surface area contributed by atoms with Crippen molar-refractivity contribution >= 4 is 16.9 Å². The van der Waals surface area contributed by atoms with Crippen LogP contribution in [0.5, 0.6) is 0 Å². The van der Waals surface area contributed by atoms with Crippen LogP contribution in [0.3, 0.4) is 0 Å². The average Bonchev–Trinajstić information content (AvgIpc) is 2.84. The van der Waals surface area contributed by atoms with Gasteiger partial charge in [-0.15, -0.1) is 0 Å². The summed E-state index contributed by atoms with van der Waals surface area (Å²) in [4.78, 5) is 4.43. The quantitative estimate of drug-likeness (QED) is 0.911. The molecule has 0 bridgehead atoms. The zero-order valence-electron chi connectivity index (χ0n) is 11.2. The average molecular weight is 284 g/mol. The Kier molecular flexibility index (Phi) is 4.45. The van der Waals surface area contributed by atoms with Crippen molar-refractivity contribution in [2.24, 2.45) is 4.99 Å². The number of amidine groups is 1. The summed E-state index contributed by atoms with van der Waals surface area (Å²) in [6.45, 7) is 4.70. The number of nitrogens with zero attached hydrogens (tertiary/aromatic N) is 1. The smallest absolute Gasteiger partial charge is 0.159 e. The SMILES string of the molecule is CCC1(CC)CSC(=NCc2ccc(F)c(F)c2)N1. The van der Waals surface area contributed by atoms with Crippen LogP contribution in [0.1, 0.15) is 32.3 Å². The Hall–Kier alpha value is -1.10. The molecule has 0 radical (unpaired) electrons. The van der Waals surface area contributed by atoms with Crippen LogP contribution in [0.15, 0.2) is 23.2 Å². The molecule has 2 rings (SSSR count). The second-order valence-electron chi connectivity index (χ2n) is 4.77. The zero-order chi connectivity index (χ0) is 13.9. The fourth-order valence-electron chi connectivity index (χ4n) is 2.02. The van der Waals surface area contributed by atoms with Crippen molar-refractivity contribution in [1.82, 2.24) is 5.32 Å². The lowest BCUT2D eigenvalue weighted by Crippen LogP contribution is -2.42. The Morgan fingerprint density at radius 2 is 2.00 bits per heavy atom. The fraction of sp³-hybridized carbons (Fsp3) is 0.500. The monoisotopic (exact) mass is 284 g/mol. The van der Waals surface area contributed by atoms with E-state index >= 15 is 0 Å². The number of thioether (sulfide) groups is 1. The molecule has 1 saturated heterocycles. The normalized spacial score (nSPS) is 19.7. The molecule has 1 aromatic rings. The van der Waals surface area contributed by atoms with E-state index in [-0.39, 0.29) is 5.54 Å². The van der Waals surface area contributed by atoms with E-state index < -0.39 is 11.6 Å². The molecule has 5 heteroatoms. The maximum absolute atomic E-state index is 13.1. The summed E-state index contributed by atoms with van der Waals surface area (Å²) in [7, 11) is 0. The third-order valence-corrected chi connectivity index (χ3v) is 4.80. The summed E-state index contributed by atoms with van der Waals surface area (Å²) in [5.41, 5.74) is 0.816. The van der Waals surface area contributed by atoms with Crippen molar-refractivity contribution in [3.63, 3.8) is 0 Å². The van der Waals surface area contributed by atoms with Crippen molar-refractivity contribution in [3.05, 3.63) is 35.4 Å². The van der Waals surface area contributed by atoms with E-state index in [0.29, 0.717) is 12.1 Å². The molecule has 0 aliphatic carbocycles. The molecule has 0 spiro atoms. The summed E-state index contributed by atoms with van der Waals surface area (Å²) in [6, 6.07) is 3.91. The molecule has 0 amide bonds. The number of hydrogen-bond donors (Lipinski definition) is 1. The highest BCUT2D eigenvalue weighted by Gasteiger charge is 2.33. The summed E-state index contributed by atoms with van der Waals surface area (Å²) < 4.78 is 25.9. The van der Waals surface area contributed by atoms with E-state index in [1.165, 1.54) is 6.07 Å². The first kappa shape index (κ1) is 14.3. The zero-order valence-corrected chi connectivity index (χ0v) is 12.0. The van der Waals surface area contributed by atoms with Gasteiger partial charge in [0.2, 0.25) is 0 Å². The van der Waals surface area contributed by atoms with Crippen LogP contribution in [-0.4, -0.2) is 16.5 Å². The highest BCUT2D eigenvalue weighted by Crippen LogP contribution is 2.29. The number of rotatable bonds is 4. The van der Waals surface area contributed by atoms with Gasteiger partial charge >= 0.3 is 0 Å². The topological polar surface area (TPSA) is 24.4 Å². The minimum Gasteiger partial charge on any atom is -0.359 e. The standard InChI is InChI=1S/C14H18F2N2S/c1-3-14(4-2)9-19-13(18-14)17-8-10-5-6-11(15)12(16)7-10/h5-7H,3-4,8-9H2,1-2H3,(H,17,18). The number of nitrogens with one attached hydrogen (secondary N) is 1. The number of benzene rings is 1. The highest BCUT2D eigenvalue weighted by molar-refractivity contribution is 8.14. The van der Waals surface area contributed by atoms with Gasteiger partial charge in [0.1, 0.15) is 0 Å². The van der Waals surface area contributed by atoms with E-state index in [2.05, 4.69) is 24.2 Å². The van der Waals surface area contributed by atoms with Gasteiger partial charge in [-0.1, -0.05) is 31.7 Å². The van der Waals surface area contributed by atoms with Crippen LogP contribution in [0.2, 0.25) is 0 Å². The van der Waals surface area contributed by atoms with Crippen molar-refractivity contribution in [3.8, 4) is 0 Å². The lowest BCUT2D eigenvalue weighted by Gasteiger charge is -2.25. The molecule has 1 N–H and O–H groups in total. The first-order valence-corrected chi connectivity index (χ1v) is 7.46. The Balaban J connectivity index is 2.02. The number of halogens is 2. The van der Waals surface area contributed by atoms with Gasteiger partial charge in [0.05, 0.1) is 6.54 Å². The Bertz CT molecular complexity index is 484. The molecule has 19 heavy (non-hydrogen) atoms. The third-order valence-electron chi connectivity index (χ3n) is 3.60. The molecule has 104 valence electrons. The van der Waals surface area contributed by atoms with Gasteiger partial charge in [-0.05, 0) is 30.5 Å². The summed E-state index contributed by atoms with van der Waals surface area (Å²) in [6.07, 6.45) is 2.11. The maximum Gasteiger partial charge on any atom is 0.159 e. The molecular weight excluding hydrogens is 266 g/mol. The first-order valence-electron chi connectivity index (χ1n) is 6.48. The van der Waals surface area contributed by atoms with Gasteiger partial charge < -0.3 is 5.32 Å². The van der Waals surface area contributed by atoms with Crippen LogP contribution in [0, 0.1) is 11.6 Å². The lowest BCUT2D eigenvalue weighted by atomic mass is 9.96. The Labute approximate surface area is 116 Å². The van der Waals surface area contributed by atoms with E-state index in [9.17, 15) is 8.78 Å². The molecule has 1 aliphatic rings. The minimum absolute atomic E-state index is 0.136. The van der Waals surface area contributed by atoms with E-state index in [1.807, 2.05) is 0 Å². The van der Waals surface area contributed by atoms with Crippen LogP contribution >= 0.6 is 11.8 Å². The molecule has 1 aromatic carbocycles. The largest absolute Gasteiger partial charge is 0.359 e. The van der Waals surface area contributed by atoms with Crippen LogP contribution in [-0.2, 0) is 6.54 Å². The van der Waals surface area contributed by atoms with E-state index in [1.54, 1.807) is 17.8 Å². The van der Waals surface area contributed by atoms with Crippen LogP contribution in [0.25, 0.3) is 0 Å². The van der Waals surface area contributed by atoms with Gasteiger partial charge in [0, 0.05) is 11.3 Å². The Morgan fingerprint density at radius 3 is 2.58 bits per heavy atom. The second kappa shape index (κ2) is 5.90. The molecule has 1 aliphatic heterocycles. The predicted molar refractivity (Wildman–Crippen MR) is 76.4 cm³/mol. The van der Waals surface area contributed by atoms with Crippen molar-refractivity contribution in [1.29, 1.82) is 0 Å². The molecule has 1 heterocycles. The summed E-state index contributed by atoms with van der Waals surface area (Å²) in [5, 5.41) is 4.34. The number of aliphatic imine (C=N–C) groups is 1. The van der Waals surface area contributed by atoms with Gasteiger partial charge in [-0.2, -0.15) is 0 Å². The molecule has 1 fully saturated rings. The fourth-order valence-corrected chi connectivity index (χ4v) is 3.36. The van der Waals surface area contributed by atoms with Crippen molar-refractivity contribution in [2.75, 3.05) is 5.75 Å². The maximum atomic E-state index is 13.1. The molecule has 0 saturated carbocycles. The van der Waals surface area contributed by atoms with Gasteiger partial charge in [-0.25, -0.2) is 8.78 Å². The van der Waals surface area contributed by atoms with E-state index in [4.69, 9.17) is 0 Å². The number of hydrogen-bond acceptors (Lipinski definition) is 2. The van der Waals surface area contributed by atoms with E-state index in [0.717, 1.165) is 29.8 Å². The predicted octanol–water partition coefficient (Wildman–Crippen LogP) is 3.72. The van der Waals surface area contributed by atoms with Crippen molar-refractivity contribution in [2.45, 2.75) is 38.8 Å². The van der Waals surface area contributed by atoms with Crippen LogP contribution < -0.4 is 5.32 Å². The first-order chi connectivity index (χ1) is 9.08. The molecule has 2 nitrogen and oxygen atoms in total. The molecule has 0 atom stereocenters. The second-order valence-corrected chi connectivity index (χ2v) is 5.74. The van der Waals surface area contributed by atoms with Gasteiger partial charge in [0.15, 0.2) is 16.8 Å². The lowest BCUT2D eigenvalue weighted by molar-refractivity contribution is 0.407. The highest BCUT2D eigenvalue weighted by atomic mass is 32.2. The van der Waals surface area contributed by atoms with Gasteiger partial charge in [-0.3, -0.25) is 4.99 Å². The Morgan fingerprint density at radius 1 is 1.26 bits per heavy atom. The summed E-state index contributed by atoms with van der Waals surface area (Å²) in [5.74, 6) is -0.627. The summed E-state index contributed by atoms with van der Waals surface area (Å²) >= 11 is 1.70.